The first kappa shape index (κ1) is 13.0. The van der Waals surface area contributed by atoms with Crippen molar-refractivity contribution in [1.82, 2.24) is 5.10 Å². The Bertz CT molecular complexity index is 405. The van der Waals surface area contributed by atoms with E-state index in [-0.39, 0.29) is 0 Å². The van der Waals surface area contributed by atoms with E-state index in [2.05, 4.69) is 5.10 Å². The van der Waals surface area contributed by atoms with Crippen LogP contribution in [0.3, 0.4) is 0 Å². The lowest BCUT2D eigenvalue weighted by atomic mass is 10.2. The second-order valence-electron chi connectivity index (χ2n) is 3.61. The van der Waals surface area contributed by atoms with Crippen LogP contribution in [0.1, 0.15) is 23.2 Å². The molecule has 1 rings (SSSR count). The molecule has 7 heteroatoms. The van der Waals surface area contributed by atoms with Crippen LogP contribution in [0.4, 0.5) is 0 Å². The summed E-state index contributed by atoms with van der Waals surface area (Å²) in [7, 11) is 0. The molecule has 0 aliphatic rings. The highest BCUT2D eigenvalue weighted by atomic mass is 16.4. The maximum atomic E-state index is 10.8. The number of nitrogens with two attached hydrogens (primary N) is 2. The maximum absolute atomic E-state index is 10.8. The van der Waals surface area contributed by atoms with Crippen molar-refractivity contribution >= 4 is 11.9 Å². The van der Waals surface area contributed by atoms with E-state index in [9.17, 15) is 14.7 Å². The predicted octanol–water partition coefficient (Wildman–Crippen LogP) is -2.67. The fourth-order valence-corrected chi connectivity index (χ4v) is 1.25. The molecule has 1 atom stereocenters. The average Bonchev–Trinajstić information content (AvgIpc) is 2.29. The Kier molecular flexibility index (Phi) is 4.53. The molecule has 0 unspecified atom stereocenters. The smallest absolute Gasteiger partial charge is 0.250 e. The Morgan fingerprint density at radius 1 is 1.53 bits per heavy atom. The zero-order valence-electron chi connectivity index (χ0n) is 9.20. The molecule has 92 valence electrons. The number of primary amides is 1. The molecule has 1 amide bonds. The number of carbonyl (C=O) groups is 2. The molecule has 7 nitrogen and oxygen atoms in total. The zero-order chi connectivity index (χ0) is 12.8. The van der Waals surface area contributed by atoms with Gasteiger partial charge in [-0.25, -0.2) is 0 Å². The minimum atomic E-state index is -1.26. The molecule has 4 N–H and O–H groups in total. The third kappa shape index (κ3) is 4.15. The molecule has 0 fully saturated rings. The van der Waals surface area contributed by atoms with Gasteiger partial charge in [-0.1, -0.05) is 4.68 Å². The van der Waals surface area contributed by atoms with Crippen molar-refractivity contribution in [2.75, 3.05) is 0 Å². The summed E-state index contributed by atoms with van der Waals surface area (Å²) in [5, 5.41) is 14.3. The first-order chi connectivity index (χ1) is 8.00. The SMILES string of the molecule is NC(=O)c1cc[n+](CCC[C@H](N)C(=O)[O-])nc1. The summed E-state index contributed by atoms with van der Waals surface area (Å²) >= 11 is 0. The van der Waals surface area contributed by atoms with Crippen molar-refractivity contribution in [1.29, 1.82) is 0 Å². The number of nitrogens with zero attached hydrogens (tertiary/aromatic N) is 2. The summed E-state index contributed by atoms with van der Waals surface area (Å²) in [4.78, 5) is 21.1. The summed E-state index contributed by atoms with van der Waals surface area (Å²) in [5.41, 5.74) is 10.7. The first-order valence-electron chi connectivity index (χ1n) is 5.12. The van der Waals surface area contributed by atoms with Crippen LogP contribution in [0, 0.1) is 0 Å². The molecule has 1 aromatic heterocycles. The number of hydrogen-bond acceptors (Lipinski definition) is 5. The van der Waals surface area contributed by atoms with Crippen molar-refractivity contribution in [3.05, 3.63) is 24.0 Å². The zero-order valence-corrected chi connectivity index (χ0v) is 9.20. The van der Waals surface area contributed by atoms with Gasteiger partial charge in [-0.15, -0.1) is 0 Å². The molecule has 1 heterocycles. The van der Waals surface area contributed by atoms with E-state index in [1.165, 1.54) is 6.20 Å². The molecule has 0 spiro atoms. The molecule has 0 aromatic carbocycles. The van der Waals surface area contributed by atoms with Crippen LogP contribution < -0.4 is 21.3 Å². The van der Waals surface area contributed by atoms with Crippen molar-refractivity contribution in [2.45, 2.75) is 25.4 Å². The number of rotatable bonds is 6. The fourth-order valence-electron chi connectivity index (χ4n) is 1.25. The van der Waals surface area contributed by atoms with Crippen molar-refractivity contribution in [3.8, 4) is 0 Å². The van der Waals surface area contributed by atoms with Crippen LogP contribution in [0.2, 0.25) is 0 Å². The van der Waals surface area contributed by atoms with Gasteiger partial charge in [-0.05, 0) is 11.5 Å². The van der Waals surface area contributed by atoms with E-state index in [0.29, 0.717) is 24.9 Å². The summed E-state index contributed by atoms with van der Waals surface area (Å²) in [5.74, 6) is -1.80. The number of carboxylic acid groups (broad SMARTS) is 1. The summed E-state index contributed by atoms with van der Waals surface area (Å²) < 4.78 is 1.58. The molecule has 0 aliphatic carbocycles. The van der Waals surface area contributed by atoms with Gasteiger partial charge < -0.3 is 21.4 Å². The second kappa shape index (κ2) is 5.90. The number of hydrogen-bond donors (Lipinski definition) is 2. The standard InChI is InChI=1S/C10H14N4O3/c11-8(10(16)17)2-1-4-14-5-3-7(6-13-14)9(12)15/h3,5-6,8H,1-2,4,11H2,(H2-,12,15,16,17)/t8-/m0/s1. The number of amides is 1. The van der Waals surface area contributed by atoms with Crippen LogP contribution in [0.15, 0.2) is 18.5 Å². The lowest BCUT2D eigenvalue weighted by Gasteiger charge is -2.10. The Balaban J connectivity index is 2.42. The van der Waals surface area contributed by atoms with Crippen molar-refractivity contribution < 1.29 is 19.4 Å². The largest absolute Gasteiger partial charge is 0.548 e. The van der Waals surface area contributed by atoms with Crippen LogP contribution >= 0.6 is 0 Å². The third-order valence-corrected chi connectivity index (χ3v) is 2.26. The summed E-state index contributed by atoms with van der Waals surface area (Å²) in [6, 6.07) is 0.592. The van der Waals surface area contributed by atoms with E-state index in [4.69, 9.17) is 11.5 Å². The van der Waals surface area contributed by atoms with Gasteiger partial charge in [0, 0.05) is 18.5 Å². The van der Waals surface area contributed by atoms with E-state index < -0.39 is 17.9 Å². The second-order valence-corrected chi connectivity index (χ2v) is 3.61. The van der Waals surface area contributed by atoms with Gasteiger partial charge in [0.2, 0.25) is 0 Å². The lowest BCUT2D eigenvalue weighted by molar-refractivity contribution is -0.754. The molecule has 0 saturated heterocycles. The Morgan fingerprint density at radius 2 is 2.24 bits per heavy atom. The maximum Gasteiger partial charge on any atom is 0.250 e. The fraction of sp³-hybridized carbons (Fsp3) is 0.400. The van der Waals surface area contributed by atoms with Crippen LogP contribution in [0.5, 0.6) is 0 Å². The quantitative estimate of drug-likeness (QED) is 0.522. The summed E-state index contributed by atoms with van der Waals surface area (Å²) in [6.45, 7) is 0.514. The highest BCUT2D eigenvalue weighted by Crippen LogP contribution is 1.94. The van der Waals surface area contributed by atoms with Crippen molar-refractivity contribution in [3.63, 3.8) is 0 Å². The molecule has 0 saturated carbocycles. The van der Waals surface area contributed by atoms with Gasteiger partial charge in [0.25, 0.3) is 5.91 Å². The number of aliphatic carboxylic acids is 1. The monoisotopic (exact) mass is 238 g/mol. The number of aryl methyl sites for hydroxylation is 1. The number of carbonyl (C=O) groups excluding carboxylic acids is 2. The van der Waals surface area contributed by atoms with Gasteiger partial charge in [0.15, 0.2) is 12.7 Å². The van der Waals surface area contributed by atoms with E-state index in [1.54, 1.807) is 16.9 Å². The molecule has 1 aromatic rings. The third-order valence-electron chi connectivity index (χ3n) is 2.26. The van der Waals surface area contributed by atoms with Crippen LogP contribution in [-0.4, -0.2) is 23.0 Å². The lowest BCUT2D eigenvalue weighted by Crippen LogP contribution is -2.43. The Labute approximate surface area is 98.0 Å². The molecule has 0 radical (unpaired) electrons. The average molecular weight is 238 g/mol. The number of carboxylic acids is 1. The van der Waals surface area contributed by atoms with E-state index >= 15 is 0 Å². The topological polar surface area (TPSA) is 126 Å². The molecule has 0 aliphatic heterocycles. The van der Waals surface area contributed by atoms with Gasteiger partial charge in [-0.2, -0.15) is 0 Å². The van der Waals surface area contributed by atoms with Gasteiger partial charge in [-0.3, -0.25) is 4.79 Å². The van der Waals surface area contributed by atoms with E-state index in [1.807, 2.05) is 0 Å². The van der Waals surface area contributed by atoms with Crippen LogP contribution in [-0.2, 0) is 11.3 Å². The minimum Gasteiger partial charge on any atom is -0.548 e. The normalized spacial score (nSPS) is 12.1. The van der Waals surface area contributed by atoms with E-state index in [0.717, 1.165) is 0 Å². The van der Waals surface area contributed by atoms with Gasteiger partial charge in [0.05, 0.1) is 11.5 Å². The predicted molar refractivity (Wildman–Crippen MR) is 55.2 cm³/mol. The highest BCUT2D eigenvalue weighted by molar-refractivity contribution is 5.92. The number of aromatic nitrogens is 2. The molecular weight excluding hydrogens is 224 g/mol. The Hall–Kier alpha value is -2.02. The first-order valence-corrected chi connectivity index (χ1v) is 5.12. The van der Waals surface area contributed by atoms with Gasteiger partial charge >= 0.3 is 0 Å². The molecular formula is C10H14N4O3. The van der Waals surface area contributed by atoms with Crippen LogP contribution in [0.25, 0.3) is 0 Å². The Morgan fingerprint density at radius 3 is 2.71 bits per heavy atom. The highest BCUT2D eigenvalue weighted by Gasteiger charge is 2.08. The molecule has 17 heavy (non-hydrogen) atoms. The van der Waals surface area contributed by atoms with Gasteiger partial charge in [0.1, 0.15) is 6.20 Å². The molecule has 0 bridgehead atoms. The summed E-state index contributed by atoms with van der Waals surface area (Å²) in [6.07, 6.45) is 3.84. The minimum absolute atomic E-state index is 0.314. The van der Waals surface area contributed by atoms with Crippen molar-refractivity contribution in [2.24, 2.45) is 11.5 Å².